The Labute approximate surface area is 208 Å². The number of carbonyl (C=O) groups excluding carboxylic acids is 1. The van der Waals surface area contributed by atoms with E-state index in [0.29, 0.717) is 12.2 Å². The first-order valence-corrected chi connectivity index (χ1v) is 12.8. The highest BCUT2D eigenvalue weighted by Crippen LogP contribution is 2.24. The molecule has 0 aliphatic rings. The zero-order valence-corrected chi connectivity index (χ0v) is 21.9. The number of carbonyl (C=O) groups is 1. The average molecular weight is 496 g/mol. The number of methoxy groups -OCH3 is 1. The molecule has 0 heterocycles. The van der Waals surface area contributed by atoms with Crippen molar-refractivity contribution in [3.05, 3.63) is 88.5 Å². The van der Waals surface area contributed by atoms with Gasteiger partial charge in [0.25, 0.3) is 5.91 Å². The predicted octanol–water partition coefficient (Wildman–Crippen LogP) is 4.67. The maximum absolute atomic E-state index is 13.1. The van der Waals surface area contributed by atoms with Gasteiger partial charge in [0.15, 0.2) is 0 Å². The minimum Gasteiger partial charge on any atom is -0.497 e. The molecule has 1 atom stereocenters. The lowest BCUT2D eigenvalue weighted by atomic mass is 10.1. The number of hydrogen-bond donors (Lipinski definition) is 2. The second-order valence-corrected chi connectivity index (χ2v) is 10.9. The summed E-state index contributed by atoms with van der Waals surface area (Å²) in [6, 6.07) is 18.0. The van der Waals surface area contributed by atoms with E-state index in [4.69, 9.17) is 4.74 Å². The summed E-state index contributed by atoms with van der Waals surface area (Å²) in [5.74, 6) is 0.367. The summed E-state index contributed by atoms with van der Waals surface area (Å²) in [7, 11) is 0.795. The molecule has 0 radical (unpaired) electrons. The molecule has 0 aromatic heterocycles. The fraction of sp³-hybridized carbons (Fsp3) is 0.296. The van der Waals surface area contributed by atoms with Gasteiger partial charge >= 0.3 is 0 Å². The molecule has 1 amide bonds. The third kappa shape index (κ3) is 6.41. The highest BCUT2D eigenvalue weighted by atomic mass is 32.2. The number of anilines is 1. The van der Waals surface area contributed by atoms with Crippen molar-refractivity contribution in [2.24, 2.45) is 0 Å². The van der Waals surface area contributed by atoms with Gasteiger partial charge in [0, 0.05) is 31.9 Å². The molecule has 0 aliphatic heterocycles. The van der Waals surface area contributed by atoms with Crippen LogP contribution in [-0.2, 0) is 16.6 Å². The molecule has 0 spiro atoms. The molecule has 0 aliphatic carbocycles. The Morgan fingerprint density at radius 3 is 2.26 bits per heavy atom. The van der Waals surface area contributed by atoms with Crippen molar-refractivity contribution in [1.29, 1.82) is 0 Å². The van der Waals surface area contributed by atoms with E-state index < -0.39 is 10.0 Å². The van der Waals surface area contributed by atoms with Gasteiger partial charge in [-0.3, -0.25) is 4.79 Å². The van der Waals surface area contributed by atoms with Gasteiger partial charge in [-0.2, -0.15) is 0 Å². The van der Waals surface area contributed by atoms with Gasteiger partial charge in [-0.15, -0.1) is 0 Å². The van der Waals surface area contributed by atoms with Gasteiger partial charge < -0.3 is 15.4 Å². The minimum absolute atomic E-state index is 0.0508. The standard InChI is InChI=1S/C27H33N3O4S/c1-18-7-8-21(13-19(18)2)17-28-24-14-23(15-26(16-24)35(32,33)30(4)5)27(31)29-20(3)22-9-11-25(34-6)12-10-22/h7-16,20,28H,17H2,1-6H3,(H,29,31)/t20-/m1/s1. The van der Waals surface area contributed by atoms with Gasteiger partial charge in [0.1, 0.15) is 5.75 Å². The Morgan fingerprint density at radius 2 is 1.66 bits per heavy atom. The molecule has 3 rings (SSSR count). The van der Waals surface area contributed by atoms with E-state index in [1.54, 1.807) is 19.2 Å². The van der Waals surface area contributed by atoms with E-state index in [1.165, 1.54) is 31.3 Å². The maximum atomic E-state index is 13.1. The monoisotopic (exact) mass is 495 g/mol. The predicted molar refractivity (Wildman–Crippen MR) is 139 cm³/mol. The van der Waals surface area contributed by atoms with Crippen LogP contribution in [0.25, 0.3) is 0 Å². The molecule has 0 saturated carbocycles. The fourth-order valence-electron chi connectivity index (χ4n) is 3.57. The molecular weight excluding hydrogens is 462 g/mol. The quantitative estimate of drug-likeness (QED) is 0.451. The number of benzene rings is 3. The van der Waals surface area contributed by atoms with Crippen molar-refractivity contribution in [3.8, 4) is 5.75 Å². The van der Waals surface area contributed by atoms with Crippen LogP contribution in [0.2, 0.25) is 0 Å². The zero-order chi connectivity index (χ0) is 25.8. The van der Waals surface area contributed by atoms with Crippen molar-refractivity contribution in [3.63, 3.8) is 0 Å². The van der Waals surface area contributed by atoms with Gasteiger partial charge in [-0.25, -0.2) is 12.7 Å². The lowest BCUT2D eigenvalue weighted by Crippen LogP contribution is -2.27. The Morgan fingerprint density at radius 1 is 0.971 bits per heavy atom. The molecule has 3 aromatic carbocycles. The topological polar surface area (TPSA) is 87.7 Å². The number of hydrogen-bond acceptors (Lipinski definition) is 5. The average Bonchev–Trinajstić information content (AvgIpc) is 2.84. The Bertz CT molecular complexity index is 1300. The largest absolute Gasteiger partial charge is 0.497 e. The number of ether oxygens (including phenoxy) is 1. The van der Waals surface area contributed by atoms with Crippen molar-refractivity contribution in [1.82, 2.24) is 9.62 Å². The third-order valence-electron chi connectivity index (χ3n) is 5.98. The Kier molecular flexibility index (Phi) is 8.19. The van der Waals surface area contributed by atoms with Crippen molar-refractivity contribution in [2.45, 2.75) is 38.3 Å². The van der Waals surface area contributed by atoms with Crippen LogP contribution < -0.4 is 15.4 Å². The minimum atomic E-state index is -3.74. The highest BCUT2D eigenvalue weighted by Gasteiger charge is 2.21. The molecule has 0 unspecified atom stereocenters. The summed E-state index contributed by atoms with van der Waals surface area (Å²) < 4.78 is 32.1. The van der Waals surface area contributed by atoms with Crippen LogP contribution in [-0.4, -0.2) is 39.8 Å². The van der Waals surface area contributed by atoms with Crippen molar-refractivity contribution in [2.75, 3.05) is 26.5 Å². The van der Waals surface area contributed by atoms with Crippen LogP contribution in [0.3, 0.4) is 0 Å². The summed E-state index contributed by atoms with van der Waals surface area (Å²) in [4.78, 5) is 13.2. The molecule has 2 N–H and O–H groups in total. The second kappa shape index (κ2) is 10.9. The lowest BCUT2D eigenvalue weighted by Gasteiger charge is -2.18. The van der Waals surface area contributed by atoms with Crippen LogP contribution in [0, 0.1) is 13.8 Å². The van der Waals surface area contributed by atoms with Gasteiger partial charge in [0.2, 0.25) is 10.0 Å². The number of amides is 1. The van der Waals surface area contributed by atoms with E-state index >= 15 is 0 Å². The van der Waals surface area contributed by atoms with Crippen LogP contribution >= 0.6 is 0 Å². The molecule has 8 heteroatoms. The zero-order valence-electron chi connectivity index (χ0n) is 21.0. The van der Waals surface area contributed by atoms with E-state index in [-0.39, 0.29) is 22.4 Å². The summed E-state index contributed by atoms with van der Waals surface area (Å²) in [6.45, 7) is 6.48. The summed E-state index contributed by atoms with van der Waals surface area (Å²) in [5.41, 5.74) is 5.17. The maximum Gasteiger partial charge on any atom is 0.251 e. The first kappa shape index (κ1) is 26.2. The molecule has 35 heavy (non-hydrogen) atoms. The van der Waals surface area contributed by atoms with E-state index in [0.717, 1.165) is 21.2 Å². The number of sulfonamides is 1. The van der Waals surface area contributed by atoms with Gasteiger partial charge in [-0.1, -0.05) is 30.3 Å². The van der Waals surface area contributed by atoms with Gasteiger partial charge in [0.05, 0.1) is 18.0 Å². The smallest absolute Gasteiger partial charge is 0.251 e. The first-order valence-electron chi connectivity index (χ1n) is 11.3. The molecule has 186 valence electrons. The van der Waals surface area contributed by atoms with Crippen LogP contribution in [0.4, 0.5) is 5.69 Å². The Balaban J connectivity index is 1.88. The lowest BCUT2D eigenvalue weighted by molar-refractivity contribution is 0.0939. The number of nitrogens with one attached hydrogen (secondary N) is 2. The third-order valence-corrected chi connectivity index (χ3v) is 7.77. The van der Waals surface area contributed by atoms with Crippen LogP contribution in [0.15, 0.2) is 65.6 Å². The molecular formula is C27H33N3O4S. The van der Waals surface area contributed by atoms with Gasteiger partial charge in [-0.05, 0) is 73.4 Å². The summed E-state index contributed by atoms with van der Waals surface area (Å²) in [5, 5.41) is 6.23. The highest BCUT2D eigenvalue weighted by molar-refractivity contribution is 7.89. The fourth-order valence-corrected chi connectivity index (χ4v) is 4.54. The molecule has 3 aromatic rings. The SMILES string of the molecule is COc1ccc([C@@H](C)NC(=O)c2cc(NCc3ccc(C)c(C)c3)cc(S(=O)(=O)N(C)C)c2)cc1. The molecule has 7 nitrogen and oxygen atoms in total. The first-order chi connectivity index (χ1) is 16.5. The normalized spacial score (nSPS) is 12.3. The summed E-state index contributed by atoms with van der Waals surface area (Å²) >= 11 is 0. The number of rotatable bonds is 9. The molecule has 0 fully saturated rings. The number of nitrogens with zero attached hydrogens (tertiary/aromatic N) is 1. The second-order valence-electron chi connectivity index (χ2n) is 8.77. The Hall–Kier alpha value is -3.36. The molecule has 0 saturated heterocycles. The van der Waals surface area contributed by atoms with Crippen LogP contribution in [0.5, 0.6) is 5.75 Å². The van der Waals surface area contributed by atoms with Crippen molar-refractivity contribution < 1.29 is 17.9 Å². The number of aryl methyl sites for hydroxylation is 2. The van der Waals surface area contributed by atoms with E-state index in [2.05, 4.69) is 36.6 Å². The van der Waals surface area contributed by atoms with Crippen LogP contribution in [0.1, 0.15) is 45.6 Å². The van der Waals surface area contributed by atoms with E-state index in [1.807, 2.05) is 37.3 Å². The van der Waals surface area contributed by atoms with E-state index in [9.17, 15) is 13.2 Å². The molecule has 0 bridgehead atoms. The van der Waals surface area contributed by atoms with Crippen molar-refractivity contribution >= 4 is 21.6 Å². The summed E-state index contributed by atoms with van der Waals surface area (Å²) in [6.07, 6.45) is 0.